The lowest BCUT2D eigenvalue weighted by atomic mass is 9.89. The Morgan fingerprint density at radius 1 is 1.41 bits per heavy atom. The summed E-state index contributed by atoms with van der Waals surface area (Å²) in [6.45, 7) is 12.6. The molecule has 1 atom stereocenters. The van der Waals surface area contributed by atoms with Gasteiger partial charge in [0.2, 0.25) is 0 Å². The predicted octanol–water partition coefficient (Wildman–Crippen LogP) is 2.80. The van der Waals surface area contributed by atoms with Crippen LogP contribution in [0.2, 0.25) is 0 Å². The second kappa shape index (κ2) is 10.0. The number of aliphatic imine (C=N–C) groups is 1. The van der Waals surface area contributed by atoms with Crippen LogP contribution in [0.1, 0.15) is 53.3 Å². The van der Waals surface area contributed by atoms with Crippen molar-refractivity contribution in [3.8, 4) is 0 Å². The van der Waals surface area contributed by atoms with E-state index in [0.717, 1.165) is 24.7 Å². The molecular formula is C15H31IN6. The molecule has 1 unspecified atom stereocenters. The van der Waals surface area contributed by atoms with Crippen LogP contribution < -0.4 is 10.6 Å². The number of nitrogens with one attached hydrogen (secondary N) is 2. The average molecular weight is 422 g/mol. The van der Waals surface area contributed by atoms with E-state index in [2.05, 4.69) is 60.4 Å². The molecule has 0 saturated carbocycles. The van der Waals surface area contributed by atoms with E-state index in [1.54, 1.807) is 13.4 Å². The number of aryl methyl sites for hydroxylation is 1. The Labute approximate surface area is 151 Å². The molecule has 6 nitrogen and oxygen atoms in total. The first kappa shape index (κ1) is 21.1. The lowest BCUT2D eigenvalue weighted by Gasteiger charge is -2.23. The summed E-state index contributed by atoms with van der Waals surface area (Å²) >= 11 is 0. The molecule has 0 bridgehead atoms. The molecule has 128 valence electrons. The molecule has 0 radical (unpaired) electrons. The van der Waals surface area contributed by atoms with Gasteiger partial charge in [-0.3, -0.25) is 4.99 Å². The number of guanidine groups is 1. The van der Waals surface area contributed by atoms with Crippen LogP contribution in [0.5, 0.6) is 0 Å². The van der Waals surface area contributed by atoms with Gasteiger partial charge >= 0.3 is 0 Å². The Kier molecular flexibility index (Phi) is 9.63. The molecule has 1 aromatic heterocycles. The summed E-state index contributed by atoms with van der Waals surface area (Å²) < 4.78 is 2.02. The van der Waals surface area contributed by atoms with Crippen molar-refractivity contribution < 1.29 is 0 Å². The van der Waals surface area contributed by atoms with Crippen LogP contribution in [0.3, 0.4) is 0 Å². The first-order valence-corrected chi connectivity index (χ1v) is 7.69. The van der Waals surface area contributed by atoms with Crippen molar-refractivity contribution in [3.63, 3.8) is 0 Å². The second-order valence-corrected chi connectivity index (χ2v) is 6.60. The summed E-state index contributed by atoms with van der Waals surface area (Å²) in [6.07, 6.45) is 4.05. The van der Waals surface area contributed by atoms with Gasteiger partial charge in [-0.1, -0.05) is 20.8 Å². The van der Waals surface area contributed by atoms with Gasteiger partial charge in [0.1, 0.15) is 6.33 Å². The van der Waals surface area contributed by atoms with Crippen LogP contribution in [0.15, 0.2) is 11.3 Å². The minimum absolute atomic E-state index is 0. The van der Waals surface area contributed by atoms with Crippen molar-refractivity contribution in [1.82, 2.24) is 25.4 Å². The third-order valence-corrected chi connectivity index (χ3v) is 3.38. The summed E-state index contributed by atoms with van der Waals surface area (Å²) in [5, 5.41) is 14.7. The minimum Gasteiger partial charge on any atom is -0.354 e. The molecule has 2 N–H and O–H groups in total. The van der Waals surface area contributed by atoms with Crippen LogP contribution in [-0.4, -0.2) is 33.8 Å². The normalized spacial score (nSPS) is 13.5. The van der Waals surface area contributed by atoms with Crippen molar-refractivity contribution in [2.75, 3.05) is 7.05 Å². The maximum absolute atomic E-state index is 4.26. The zero-order valence-corrected chi connectivity index (χ0v) is 17.0. The Morgan fingerprint density at radius 3 is 2.64 bits per heavy atom. The Morgan fingerprint density at radius 2 is 2.09 bits per heavy atom. The van der Waals surface area contributed by atoms with E-state index in [1.165, 1.54) is 6.42 Å². The van der Waals surface area contributed by atoms with Crippen molar-refractivity contribution in [3.05, 3.63) is 12.2 Å². The Hall–Kier alpha value is -0.860. The fourth-order valence-electron chi connectivity index (χ4n) is 1.99. The Bertz CT molecular complexity index is 449. The molecule has 1 rings (SSSR count). The van der Waals surface area contributed by atoms with E-state index < -0.39 is 0 Å². The molecule has 0 aliphatic heterocycles. The van der Waals surface area contributed by atoms with Gasteiger partial charge < -0.3 is 15.2 Å². The molecule has 1 aromatic rings. The summed E-state index contributed by atoms with van der Waals surface area (Å²) in [4.78, 5) is 4.26. The van der Waals surface area contributed by atoms with Crippen molar-refractivity contribution in [2.45, 2.75) is 66.6 Å². The average Bonchev–Trinajstić information content (AvgIpc) is 2.87. The van der Waals surface area contributed by atoms with Gasteiger partial charge in [0.25, 0.3) is 0 Å². The third-order valence-electron chi connectivity index (χ3n) is 3.38. The molecule has 0 aliphatic carbocycles. The molecule has 0 saturated heterocycles. The van der Waals surface area contributed by atoms with Crippen LogP contribution in [0.25, 0.3) is 0 Å². The summed E-state index contributed by atoms with van der Waals surface area (Å²) in [7, 11) is 1.79. The highest BCUT2D eigenvalue weighted by molar-refractivity contribution is 14.0. The highest BCUT2D eigenvalue weighted by Gasteiger charge is 2.13. The standard InChI is InChI=1S/C15H30N6.HI/c1-7-21-11-18-20-13(21)10-17-14(16-6)19-12(2)8-9-15(3,4)5;/h11-12H,7-10H2,1-6H3,(H2,16,17,19);1H. The zero-order valence-electron chi connectivity index (χ0n) is 14.7. The van der Waals surface area contributed by atoms with Gasteiger partial charge in [-0.05, 0) is 32.1 Å². The number of rotatable bonds is 6. The summed E-state index contributed by atoms with van der Waals surface area (Å²) in [5.41, 5.74) is 0.366. The second-order valence-electron chi connectivity index (χ2n) is 6.60. The monoisotopic (exact) mass is 422 g/mol. The lowest BCUT2D eigenvalue weighted by molar-refractivity contribution is 0.346. The maximum atomic E-state index is 4.26. The van der Waals surface area contributed by atoms with Gasteiger partial charge in [-0.25, -0.2) is 0 Å². The van der Waals surface area contributed by atoms with E-state index in [1.807, 2.05) is 4.57 Å². The van der Waals surface area contributed by atoms with Gasteiger partial charge in [0.15, 0.2) is 11.8 Å². The maximum Gasteiger partial charge on any atom is 0.191 e. The van der Waals surface area contributed by atoms with Gasteiger partial charge in [0, 0.05) is 19.6 Å². The largest absolute Gasteiger partial charge is 0.354 e. The van der Waals surface area contributed by atoms with Gasteiger partial charge in [-0.2, -0.15) is 0 Å². The predicted molar refractivity (Wildman–Crippen MR) is 103 cm³/mol. The summed E-state index contributed by atoms with van der Waals surface area (Å²) in [6, 6.07) is 0.388. The molecule has 1 heterocycles. The van der Waals surface area contributed by atoms with Gasteiger partial charge in [-0.15, -0.1) is 34.2 Å². The number of hydrogen-bond donors (Lipinski definition) is 2. The molecule has 0 spiro atoms. The van der Waals surface area contributed by atoms with Crippen LogP contribution in [0.4, 0.5) is 0 Å². The highest BCUT2D eigenvalue weighted by atomic mass is 127. The molecule has 7 heteroatoms. The van der Waals surface area contributed by atoms with E-state index in [-0.39, 0.29) is 24.0 Å². The van der Waals surface area contributed by atoms with E-state index in [9.17, 15) is 0 Å². The number of hydrogen-bond acceptors (Lipinski definition) is 3. The summed E-state index contributed by atoms with van der Waals surface area (Å²) in [5.74, 6) is 1.73. The quantitative estimate of drug-likeness (QED) is 0.420. The molecule has 0 aliphatic rings. The van der Waals surface area contributed by atoms with Crippen molar-refractivity contribution in [1.29, 1.82) is 0 Å². The smallest absolute Gasteiger partial charge is 0.191 e. The highest BCUT2D eigenvalue weighted by Crippen LogP contribution is 2.21. The molecular weight excluding hydrogens is 391 g/mol. The third kappa shape index (κ3) is 7.95. The lowest BCUT2D eigenvalue weighted by Crippen LogP contribution is -2.42. The van der Waals surface area contributed by atoms with E-state index in [0.29, 0.717) is 18.0 Å². The topological polar surface area (TPSA) is 67.1 Å². The minimum atomic E-state index is 0. The molecule has 0 aromatic carbocycles. The fourth-order valence-corrected chi connectivity index (χ4v) is 1.99. The zero-order chi connectivity index (χ0) is 15.9. The number of nitrogens with zero attached hydrogens (tertiary/aromatic N) is 4. The van der Waals surface area contributed by atoms with Gasteiger partial charge in [0.05, 0.1) is 6.54 Å². The van der Waals surface area contributed by atoms with Crippen molar-refractivity contribution in [2.24, 2.45) is 10.4 Å². The first-order chi connectivity index (χ1) is 9.85. The molecule has 0 fully saturated rings. The fraction of sp³-hybridized carbons (Fsp3) is 0.800. The SMILES string of the molecule is CCn1cnnc1CNC(=NC)NC(C)CCC(C)(C)C.I. The first-order valence-electron chi connectivity index (χ1n) is 7.69. The molecule has 0 amide bonds. The van der Waals surface area contributed by atoms with Crippen molar-refractivity contribution >= 4 is 29.9 Å². The number of aromatic nitrogens is 3. The Balaban J connectivity index is 0.00000441. The van der Waals surface area contributed by atoms with Crippen LogP contribution in [0, 0.1) is 5.41 Å². The van der Waals surface area contributed by atoms with E-state index >= 15 is 0 Å². The van der Waals surface area contributed by atoms with E-state index in [4.69, 9.17) is 0 Å². The molecule has 22 heavy (non-hydrogen) atoms. The van der Waals surface area contributed by atoms with Crippen LogP contribution in [-0.2, 0) is 13.1 Å². The van der Waals surface area contributed by atoms with Crippen LogP contribution >= 0.6 is 24.0 Å². The number of halogens is 1.